The summed E-state index contributed by atoms with van der Waals surface area (Å²) in [5, 5.41) is 4.01. The maximum Gasteiger partial charge on any atom is 0.359 e. The minimum atomic E-state index is -0.510. The first-order chi connectivity index (χ1) is 12.6. The molecule has 0 radical (unpaired) electrons. The summed E-state index contributed by atoms with van der Waals surface area (Å²) in [5.74, 6) is -0.468. The smallest absolute Gasteiger partial charge is 0.359 e. The lowest BCUT2D eigenvalue weighted by Gasteiger charge is -2.09. The van der Waals surface area contributed by atoms with Crippen molar-refractivity contribution in [2.75, 3.05) is 6.61 Å². The van der Waals surface area contributed by atoms with Gasteiger partial charge in [-0.2, -0.15) is 5.10 Å². The molecule has 1 aromatic heterocycles. The van der Waals surface area contributed by atoms with Gasteiger partial charge in [0, 0.05) is 23.1 Å². The molecule has 0 N–H and O–H groups in total. The van der Waals surface area contributed by atoms with E-state index >= 15 is 0 Å². The predicted octanol–water partition coefficient (Wildman–Crippen LogP) is 4.00. The highest BCUT2D eigenvalue weighted by atomic mass is 35.5. The number of fused-ring (bicyclic) bond motifs is 3. The van der Waals surface area contributed by atoms with Gasteiger partial charge in [0.1, 0.15) is 0 Å². The molecule has 130 valence electrons. The van der Waals surface area contributed by atoms with Gasteiger partial charge in [0.15, 0.2) is 5.69 Å². The third-order valence-corrected chi connectivity index (χ3v) is 4.65. The van der Waals surface area contributed by atoms with E-state index in [4.69, 9.17) is 16.3 Å². The molecule has 0 fully saturated rings. The number of halogens is 1. The lowest BCUT2D eigenvalue weighted by Crippen LogP contribution is -2.09. The standard InChI is InChI=1S/C20H15ClN2O3/c1-2-26-20(25)17-16-11-15-13(9-6-10-14(15)19(21)24)18(16)23(22-17)12-7-4-3-5-8-12/h3-10H,2,11H2,1H3. The van der Waals surface area contributed by atoms with Crippen LogP contribution in [0.2, 0.25) is 0 Å². The van der Waals surface area contributed by atoms with E-state index in [-0.39, 0.29) is 12.3 Å². The summed E-state index contributed by atoms with van der Waals surface area (Å²) in [6.45, 7) is 2.02. The number of esters is 1. The maximum absolute atomic E-state index is 12.4. The van der Waals surface area contributed by atoms with E-state index in [0.717, 1.165) is 28.1 Å². The topological polar surface area (TPSA) is 61.2 Å². The molecule has 0 saturated heterocycles. The molecule has 5 nitrogen and oxygen atoms in total. The van der Waals surface area contributed by atoms with E-state index in [1.165, 1.54) is 0 Å². The van der Waals surface area contributed by atoms with Crippen LogP contribution in [0.5, 0.6) is 0 Å². The van der Waals surface area contributed by atoms with E-state index in [9.17, 15) is 9.59 Å². The van der Waals surface area contributed by atoms with E-state index in [2.05, 4.69) is 5.10 Å². The quantitative estimate of drug-likeness (QED) is 0.404. The highest BCUT2D eigenvalue weighted by Crippen LogP contribution is 2.41. The van der Waals surface area contributed by atoms with Crippen molar-refractivity contribution in [1.82, 2.24) is 9.78 Å². The van der Waals surface area contributed by atoms with Crippen molar-refractivity contribution in [3.8, 4) is 16.9 Å². The maximum atomic E-state index is 12.4. The van der Waals surface area contributed by atoms with Crippen molar-refractivity contribution < 1.29 is 14.3 Å². The Bertz CT molecular complexity index is 1030. The fraction of sp³-hybridized carbons (Fsp3) is 0.150. The van der Waals surface area contributed by atoms with Crippen LogP contribution in [0.1, 0.15) is 38.9 Å². The monoisotopic (exact) mass is 366 g/mol. The molecule has 2 aromatic carbocycles. The zero-order chi connectivity index (χ0) is 18.3. The largest absolute Gasteiger partial charge is 0.461 e. The van der Waals surface area contributed by atoms with Gasteiger partial charge in [0.05, 0.1) is 18.0 Å². The third kappa shape index (κ3) is 2.52. The number of para-hydroxylation sites is 1. The van der Waals surface area contributed by atoms with Gasteiger partial charge in [-0.1, -0.05) is 30.3 Å². The Kier molecular flexibility index (Phi) is 4.09. The SMILES string of the molecule is CCOC(=O)c1nn(-c2ccccc2)c2c1Cc1c(C(=O)Cl)cccc1-2. The first-order valence-corrected chi connectivity index (χ1v) is 8.66. The summed E-state index contributed by atoms with van der Waals surface area (Å²) in [6.07, 6.45) is 0.417. The predicted molar refractivity (Wildman–Crippen MR) is 97.9 cm³/mol. The van der Waals surface area contributed by atoms with Gasteiger partial charge in [-0.3, -0.25) is 4.79 Å². The van der Waals surface area contributed by atoms with Crippen LogP contribution in [0, 0.1) is 0 Å². The Labute approximate surface area is 155 Å². The number of hydrogen-bond donors (Lipinski definition) is 0. The molecule has 26 heavy (non-hydrogen) atoms. The molecular weight excluding hydrogens is 352 g/mol. The summed E-state index contributed by atoms with van der Waals surface area (Å²) >= 11 is 5.75. The molecule has 0 bridgehead atoms. The molecular formula is C20H15ClN2O3. The first-order valence-electron chi connectivity index (χ1n) is 8.28. The Morgan fingerprint density at radius 3 is 2.58 bits per heavy atom. The van der Waals surface area contributed by atoms with Gasteiger partial charge in [-0.05, 0) is 42.3 Å². The molecule has 0 amide bonds. The normalized spacial score (nSPS) is 11.8. The molecule has 3 aromatic rings. The minimum absolute atomic E-state index is 0.268. The van der Waals surface area contributed by atoms with Gasteiger partial charge in [-0.25, -0.2) is 9.48 Å². The van der Waals surface area contributed by atoms with Crippen LogP contribution in [0.15, 0.2) is 48.5 Å². The number of carbonyl (C=O) groups excluding carboxylic acids is 2. The molecule has 4 rings (SSSR count). The van der Waals surface area contributed by atoms with Crippen LogP contribution in [0.4, 0.5) is 0 Å². The van der Waals surface area contributed by atoms with Crippen molar-refractivity contribution in [1.29, 1.82) is 0 Å². The van der Waals surface area contributed by atoms with Gasteiger partial charge < -0.3 is 4.74 Å². The van der Waals surface area contributed by atoms with Crippen LogP contribution < -0.4 is 0 Å². The van der Waals surface area contributed by atoms with Crippen LogP contribution in [-0.4, -0.2) is 27.6 Å². The van der Waals surface area contributed by atoms with Gasteiger partial charge >= 0.3 is 5.97 Å². The van der Waals surface area contributed by atoms with Crippen LogP contribution in [0.25, 0.3) is 16.9 Å². The Hall–Kier alpha value is -2.92. The highest BCUT2D eigenvalue weighted by Gasteiger charge is 2.33. The van der Waals surface area contributed by atoms with Crippen LogP contribution in [0.3, 0.4) is 0 Å². The Morgan fingerprint density at radius 1 is 1.12 bits per heavy atom. The zero-order valence-corrected chi connectivity index (χ0v) is 14.8. The molecule has 1 heterocycles. The second-order valence-corrected chi connectivity index (χ2v) is 6.27. The summed E-state index contributed by atoms with van der Waals surface area (Å²) < 4.78 is 6.90. The summed E-state index contributed by atoms with van der Waals surface area (Å²) in [7, 11) is 0. The average molecular weight is 367 g/mol. The van der Waals surface area contributed by atoms with Crippen LogP contribution >= 0.6 is 11.6 Å². The van der Waals surface area contributed by atoms with E-state index in [1.807, 2.05) is 36.4 Å². The van der Waals surface area contributed by atoms with E-state index in [0.29, 0.717) is 12.0 Å². The van der Waals surface area contributed by atoms with E-state index in [1.54, 1.807) is 23.7 Å². The number of aromatic nitrogens is 2. The number of nitrogens with zero attached hydrogens (tertiary/aromatic N) is 2. The van der Waals surface area contributed by atoms with Crippen molar-refractivity contribution >= 4 is 22.8 Å². The number of benzene rings is 2. The lowest BCUT2D eigenvalue weighted by molar-refractivity contribution is 0.0518. The van der Waals surface area contributed by atoms with Crippen molar-refractivity contribution in [2.45, 2.75) is 13.3 Å². The van der Waals surface area contributed by atoms with Crippen molar-refractivity contribution in [3.05, 3.63) is 70.9 Å². The van der Waals surface area contributed by atoms with E-state index < -0.39 is 11.2 Å². The molecule has 0 aliphatic heterocycles. The summed E-state index contributed by atoms with van der Waals surface area (Å²) in [5.41, 5.74) is 4.79. The molecule has 0 spiro atoms. The van der Waals surface area contributed by atoms with Gasteiger partial charge in [0.25, 0.3) is 5.24 Å². The van der Waals surface area contributed by atoms with Gasteiger partial charge in [-0.15, -0.1) is 0 Å². The minimum Gasteiger partial charge on any atom is -0.461 e. The zero-order valence-electron chi connectivity index (χ0n) is 14.0. The fourth-order valence-corrected chi connectivity index (χ4v) is 3.55. The fourth-order valence-electron chi connectivity index (χ4n) is 3.37. The second-order valence-electron chi connectivity index (χ2n) is 5.93. The molecule has 1 aliphatic carbocycles. The third-order valence-electron chi connectivity index (χ3n) is 4.45. The number of carbonyl (C=O) groups is 2. The molecule has 0 atom stereocenters. The molecule has 1 aliphatic rings. The Morgan fingerprint density at radius 2 is 1.88 bits per heavy atom. The van der Waals surface area contributed by atoms with Crippen molar-refractivity contribution in [2.24, 2.45) is 0 Å². The highest BCUT2D eigenvalue weighted by molar-refractivity contribution is 6.68. The number of hydrogen-bond acceptors (Lipinski definition) is 4. The average Bonchev–Trinajstić information content (AvgIpc) is 3.19. The van der Waals surface area contributed by atoms with Crippen molar-refractivity contribution in [3.63, 3.8) is 0 Å². The lowest BCUT2D eigenvalue weighted by atomic mass is 10.0. The molecule has 0 saturated carbocycles. The molecule has 6 heteroatoms. The van der Waals surface area contributed by atoms with Crippen LogP contribution in [-0.2, 0) is 11.2 Å². The second kappa shape index (κ2) is 6.42. The first kappa shape index (κ1) is 16.5. The Balaban J connectivity index is 1.97. The summed E-state index contributed by atoms with van der Waals surface area (Å²) in [4.78, 5) is 24.2. The number of ether oxygens (including phenoxy) is 1. The molecule has 0 unspecified atom stereocenters. The van der Waals surface area contributed by atoms with Gasteiger partial charge in [0.2, 0.25) is 0 Å². The number of rotatable bonds is 4. The summed E-state index contributed by atoms with van der Waals surface area (Å²) in [6, 6.07) is 15.0.